The van der Waals surface area contributed by atoms with Crippen molar-refractivity contribution in [2.24, 2.45) is 0 Å². The summed E-state index contributed by atoms with van der Waals surface area (Å²) < 4.78 is 38.8. The number of aryl methyl sites for hydroxylation is 1. The van der Waals surface area contributed by atoms with Gasteiger partial charge in [0.1, 0.15) is 76.9 Å². The standard InChI is InChI=1S/C28H34O15/c1-9-5-12-17(26(36)40-9)20(31)16-13(25(12)38-4)6-11(37-3)7-14(16)42-28-24(35)22(33)19(30)15(43-28)8-39-27-23(34)21(32)18(29)10(2)41-27/h5-7,10,15,18-19,21-24,27-35H,8H2,1-4H3/t10-,15+,18-,19+,21+,22-,23+,24+,27+,28+/m0/s1. The Morgan fingerprint density at radius 3 is 2.12 bits per heavy atom. The average molecular weight is 611 g/mol. The molecule has 2 aliphatic heterocycles. The van der Waals surface area contributed by atoms with Gasteiger partial charge in [-0.3, -0.25) is 0 Å². The van der Waals surface area contributed by atoms with E-state index in [2.05, 4.69) is 0 Å². The highest BCUT2D eigenvalue weighted by atomic mass is 16.7. The van der Waals surface area contributed by atoms with E-state index in [-0.39, 0.29) is 44.6 Å². The summed E-state index contributed by atoms with van der Waals surface area (Å²) in [7, 11) is 2.76. The fourth-order valence-electron chi connectivity index (χ4n) is 5.35. The van der Waals surface area contributed by atoms with Crippen molar-refractivity contribution in [3.8, 4) is 23.0 Å². The number of ether oxygens (including phenoxy) is 6. The maximum absolute atomic E-state index is 12.8. The Balaban J connectivity index is 1.50. The molecule has 15 heteroatoms. The van der Waals surface area contributed by atoms with Gasteiger partial charge in [0.05, 0.1) is 32.3 Å². The van der Waals surface area contributed by atoms with E-state index in [4.69, 9.17) is 32.8 Å². The number of hydrogen-bond donors (Lipinski definition) is 7. The molecule has 7 N–H and O–H groups in total. The highest BCUT2D eigenvalue weighted by Crippen LogP contribution is 2.47. The Morgan fingerprint density at radius 1 is 0.791 bits per heavy atom. The SMILES string of the molecule is COc1cc(O[C@@H]2O[C@H](CO[C@@H]3O[C@@H](C)[C@H](O)[C@@H](O)[C@H]3O)[C@@H](O)[C@H](O)[C@H]2O)c2c(O)c3c(=O)oc(C)cc3c(OC)c2c1. The maximum atomic E-state index is 12.8. The number of phenolic OH excluding ortho intramolecular Hbond substituents is 1. The molecule has 0 radical (unpaired) electrons. The summed E-state index contributed by atoms with van der Waals surface area (Å²) in [4.78, 5) is 12.8. The zero-order valence-corrected chi connectivity index (χ0v) is 23.6. The number of phenols is 1. The Labute approximate surface area is 243 Å². The van der Waals surface area contributed by atoms with Crippen LogP contribution in [0.1, 0.15) is 12.7 Å². The zero-order valence-electron chi connectivity index (χ0n) is 23.6. The summed E-state index contributed by atoms with van der Waals surface area (Å²) in [5.74, 6) is 0.0580. The molecule has 0 bridgehead atoms. The first-order valence-corrected chi connectivity index (χ1v) is 13.4. The lowest BCUT2D eigenvalue weighted by Gasteiger charge is -2.42. The van der Waals surface area contributed by atoms with Crippen molar-refractivity contribution in [2.75, 3.05) is 20.8 Å². The summed E-state index contributed by atoms with van der Waals surface area (Å²) in [6, 6.07) is 4.42. The number of aliphatic hydroxyl groups excluding tert-OH is 6. The minimum absolute atomic E-state index is 0.0224. The van der Waals surface area contributed by atoms with E-state index >= 15 is 0 Å². The van der Waals surface area contributed by atoms with E-state index in [9.17, 15) is 40.5 Å². The zero-order chi connectivity index (χ0) is 31.3. The van der Waals surface area contributed by atoms with E-state index in [0.29, 0.717) is 0 Å². The molecule has 2 saturated heterocycles. The predicted octanol–water partition coefficient (Wildman–Crippen LogP) is -0.992. The van der Waals surface area contributed by atoms with E-state index in [1.807, 2.05) is 0 Å². The van der Waals surface area contributed by atoms with Gasteiger partial charge in [-0.15, -0.1) is 0 Å². The number of aliphatic hydroxyl groups is 6. The normalized spacial score (nSPS) is 33.1. The van der Waals surface area contributed by atoms with Crippen LogP contribution >= 0.6 is 0 Å². The van der Waals surface area contributed by atoms with Crippen LogP contribution in [0, 0.1) is 6.92 Å². The molecule has 1 aromatic heterocycles. The number of benzene rings is 2. The molecular formula is C28H34O15. The van der Waals surface area contributed by atoms with Gasteiger partial charge in [0.2, 0.25) is 6.29 Å². The van der Waals surface area contributed by atoms with Crippen molar-refractivity contribution >= 4 is 21.5 Å². The number of hydrogen-bond acceptors (Lipinski definition) is 15. The van der Waals surface area contributed by atoms with Crippen molar-refractivity contribution in [2.45, 2.75) is 75.3 Å². The minimum atomic E-state index is -1.81. The first-order valence-electron chi connectivity index (χ1n) is 13.4. The highest BCUT2D eigenvalue weighted by Gasteiger charge is 2.47. The van der Waals surface area contributed by atoms with E-state index in [1.165, 1.54) is 33.3 Å². The third kappa shape index (κ3) is 5.48. The topological polar surface area (TPSA) is 227 Å². The van der Waals surface area contributed by atoms with Gasteiger partial charge in [-0.2, -0.15) is 0 Å². The molecule has 2 aliphatic rings. The average Bonchev–Trinajstić information content (AvgIpc) is 2.97. The van der Waals surface area contributed by atoms with Crippen LogP contribution in [0.15, 0.2) is 27.4 Å². The van der Waals surface area contributed by atoms with Gasteiger partial charge < -0.3 is 68.6 Å². The van der Waals surface area contributed by atoms with E-state index < -0.39 is 79.4 Å². The van der Waals surface area contributed by atoms with Crippen LogP contribution in [0.2, 0.25) is 0 Å². The van der Waals surface area contributed by atoms with Gasteiger partial charge in [0.25, 0.3) is 0 Å². The maximum Gasteiger partial charge on any atom is 0.347 e. The second-order valence-electron chi connectivity index (χ2n) is 10.5. The summed E-state index contributed by atoms with van der Waals surface area (Å²) >= 11 is 0. The molecule has 0 unspecified atom stereocenters. The highest BCUT2D eigenvalue weighted by molar-refractivity contribution is 6.13. The molecule has 236 valence electrons. The molecule has 43 heavy (non-hydrogen) atoms. The third-order valence-electron chi connectivity index (χ3n) is 7.70. The van der Waals surface area contributed by atoms with Crippen LogP contribution in [-0.2, 0) is 14.2 Å². The fraction of sp³-hybridized carbons (Fsp3) is 0.536. The van der Waals surface area contributed by atoms with Crippen molar-refractivity contribution in [3.05, 3.63) is 34.4 Å². The van der Waals surface area contributed by atoms with Crippen molar-refractivity contribution in [1.29, 1.82) is 0 Å². The van der Waals surface area contributed by atoms with E-state index in [0.717, 1.165) is 0 Å². The van der Waals surface area contributed by atoms with Crippen LogP contribution in [0.4, 0.5) is 0 Å². The Morgan fingerprint density at radius 2 is 1.44 bits per heavy atom. The number of rotatable bonds is 7. The van der Waals surface area contributed by atoms with Crippen molar-refractivity contribution in [3.63, 3.8) is 0 Å². The molecule has 0 aliphatic carbocycles. The first-order chi connectivity index (χ1) is 20.4. The Hall–Kier alpha value is -3.25. The second-order valence-corrected chi connectivity index (χ2v) is 10.5. The molecule has 0 spiro atoms. The summed E-state index contributed by atoms with van der Waals surface area (Å²) in [5.41, 5.74) is -0.835. The van der Waals surface area contributed by atoms with Gasteiger partial charge in [-0.25, -0.2) is 4.79 Å². The lowest BCUT2D eigenvalue weighted by atomic mass is 9.98. The second kappa shape index (κ2) is 12.0. The van der Waals surface area contributed by atoms with E-state index in [1.54, 1.807) is 13.0 Å². The van der Waals surface area contributed by atoms with Crippen LogP contribution in [-0.4, -0.2) is 118 Å². The molecular weight excluding hydrogens is 576 g/mol. The summed E-state index contributed by atoms with van der Waals surface area (Å²) in [5, 5.41) is 73.7. The number of fused-ring (bicyclic) bond motifs is 2. The Bertz CT molecular complexity index is 1540. The van der Waals surface area contributed by atoms with Gasteiger partial charge in [0, 0.05) is 16.8 Å². The first kappa shape index (κ1) is 31.2. The van der Waals surface area contributed by atoms with Gasteiger partial charge >= 0.3 is 5.63 Å². The number of methoxy groups -OCH3 is 2. The largest absolute Gasteiger partial charge is 0.506 e. The molecule has 3 aromatic rings. The summed E-state index contributed by atoms with van der Waals surface area (Å²) in [6.45, 7) is 2.52. The van der Waals surface area contributed by atoms with Gasteiger partial charge in [-0.05, 0) is 26.0 Å². The molecule has 15 nitrogen and oxygen atoms in total. The van der Waals surface area contributed by atoms with Gasteiger partial charge in [0.15, 0.2) is 6.29 Å². The smallest absolute Gasteiger partial charge is 0.347 e. The van der Waals surface area contributed by atoms with Crippen molar-refractivity contribution in [1.82, 2.24) is 0 Å². The lowest BCUT2D eigenvalue weighted by Crippen LogP contribution is -2.61. The molecule has 5 rings (SSSR count). The third-order valence-corrected chi connectivity index (χ3v) is 7.70. The molecule has 2 fully saturated rings. The van der Waals surface area contributed by atoms with Crippen LogP contribution in [0.5, 0.6) is 23.0 Å². The van der Waals surface area contributed by atoms with Crippen molar-refractivity contribution < 1.29 is 68.6 Å². The molecule has 0 saturated carbocycles. The molecule has 0 amide bonds. The monoisotopic (exact) mass is 610 g/mol. The predicted molar refractivity (Wildman–Crippen MR) is 145 cm³/mol. The lowest BCUT2D eigenvalue weighted by molar-refractivity contribution is -0.318. The molecule has 10 atom stereocenters. The van der Waals surface area contributed by atoms with Crippen LogP contribution in [0.3, 0.4) is 0 Å². The quantitative estimate of drug-likeness (QED) is 0.159. The van der Waals surface area contributed by atoms with Gasteiger partial charge in [-0.1, -0.05) is 0 Å². The van der Waals surface area contributed by atoms with Crippen LogP contribution < -0.4 is 19.8 Å². The molecule has 3 heterocycles. The van der Waals surface area contributed by atoms with Crippen LogP contribution in [0.25, 0.3) is 21.5 Å². The fourth-order valence-corrected chi connectivity index (χ4v) is 5.35. The Kier molecular flexibility index (Phi) is 8.72. The summed E-state index contributed by atoms with van der Waals surface area (Å²) in [6.07, 6.45) is -15.2. The minimum Gasteiger partial charge on any atom is -0.506 e. The number of aromatic hydroxyl groups is 1. The molecule has 2 aromatic carbocycles.